The van der Waals surface area contributed by atoms with E-state index in [4.69, 9.17) is 4.43 Å². The molecule has 27 heavy (non-hydrogen) atoms. The third-order valence-corrected chi connectivity index (χ3v) is 10.1. The molecule has 0 spiro atoms. The van der Waals surface area contributed by atoms with E-state index in [1.165, 1.54) is 24.3 Å². The van der Waals surface area contributed by atoms with Crippen molar-refractivity contribution < 1.29 is 18.9 Å². The van der Waals surface area contributed by atoms with Crippen LogP contribution in [0.2, 0.25) is 18.1 Å². The van der Waals surface area contributed by atoms with E-state index >= 15 is 0 Å². The number of non-ortho nitro benzene ring substituents is 1. The van der Waals surface area contributed by atoms with Crippen LogP contribution < -0.4 is 5.32 Å². The molecular weight excluding hydrogens is 366 g/mol. The van der Waals surface area contributed by atoms with Crippen LogP contribution in [-0.4, -0.2) is 43.2 Å². The van der Waals surface area contributed by atoms with Gasteiger partial charge in [0, 0.05) is 12.1 Å². The van der Waals surface area contributed by atoms with Crippen molar-refractivity contribution in [3.05, 3.63) is 39.9 Å². The number of carbonyl (C=O) groups is 2. The fraction of sp³-hybridized carbons (Fsp3) is 0.556. The maximum atomic E-state index is 12.9. The summed E-state index contributed by atoms with van der Waals surface area (Å²) in [5.41, 5.74) is -0.818. The molecule has 9 heteroatoms. The molecular formula is C18H27N3O5Si. The molecule has 1 aromatic rings. The van der Waals surface area contributed by atoms with E-state index in [2.05, 4.69) is 39.2 Å². The second-order valence-electron chi connectivity index (χ2n) is 8.42. The van der Waals surface area contributed by atoms with Gasteiger partial charge in [0.1, 0.15) is 5.54 Å². The molecule has 148 valence electrons. The number of hydrogen-bond donors (Lipinski definition) is 1. The van der Waals surface area contributed by atoms with E-state index in [9.17, 15) is 19.7 Å². The maximum absolute atomic E-state index is 12.9. The van der Waals surface area contributed by atoms with Crippen molar-refractivity contribution in [1.82, 2.24) is 10.2 Å². The molecule has 1 aliphatic rings. The van der Waals surface area contributed by atoms with E-state index < -0.39 is 24.8 Å². The van der Waals surface area contributed by atoms with Crippen molar-refractivity contribution in [3.8, 4) is 0 Å². The minimum atomic E-state index is -1.97. The van der Waals surface area contributed by atoms with Gasteiger partial charge in [0.05, 0.1) is 18.1 Å². The summed E-state index contributed by atoms with van der Waals surface area (Å²) < 4.78 is 6.06. The number of imide groups is 1. The molecule has 1 saturated heterocycles. The molecule has 0 unspecified atom stereocenters. The minimum Gasteiger partial charge on any atom is -0.415 e. The average molecular weight is 394 g/mol. The van der Waals surface area contributed by atoms with Crippen LogP contribution in [0.1, 0.15) is 33.3 Å². The van der Waals surface area contributed by atoms with E-state index in [0.717, 1.165) is 4.90 Å². The molecule has 0 radical (unpaired) electrons. The number of nitro benzene ring substituents is 1. The molecule has 1 heterocycles. The Kier molecular flexibility index (Phi) is 5.49. The lowest BCUT2D eigenvalue weighted by molar-refractivity contribution is -0.384. The molecule has 0 aliphatic carbocycles. The van der Waals surface area contributed by atoms with Crippen molar-refractivity contribution >= 4 is 25.9 Å². The zero-order valence-electron chi connectivity index (χ0n) is 16.7. The molecule has 8 nitrogen and oxygen atoms in total. The van der Waals surface area contributed by atoms with Gasteiger partial charge in [-0.15, -0.1) is 0 Å². The Morgan fingerprint density at radius 3 is 2.26 bits per heavy atom. The SMILES string of the molecule is CC(C)(C)[Si](C)(C)OCCN1C(=O)N[C@@](C)(c2ccc([N+](=O)[O-])cc2)C1=O. The Hall–Kier alpha value is -2.26. The van der Waals surface area contributed by atoms with Crippen molar-refractivity contribution in [3.63, 3.8) is 0 Å². The summed E-state index contributed by atoms with van der Waals surface area (Å²) in [6.45, 7) is 12.6. The molecule has 1 aromatic carbocycles. The van der Waals surface area contributed by atoms with Crippen LogP contribution in [0.15, 0.2) is 24.3 Å². The van der Waals surface area contributed by atoms with Crippen LogP contribution >= 0.6 is 0 Å². The summed E-state index contributed by atoms with van der Waals surface area (Å²) in [4.78, 5) is 36.7. The van der Waals surface area contributed by atoms with Gasteiger partial charge in [0.2, 0.25) is 0 Å². The Morgan fingerprint density at radius 1 is 1.22 bits per heavy atom. The van der Waals surface area contributed by atoms with Crippen molar-refractivity contribution in [2.24, 2.45) is 0 Å². The molecule has 1 fully saturated rings. The van der Waals surface area contributed by atoms with Crippen LogP contribution in [-0.2, 0) is 14.8 Å². The normalized spacial score (nSPS) is 20.7. The lowest BCUT2D eigenvalue weighted by Gasteiger charge is -2.36. The second-order valence-corrected chi connectivity index (χ2v) is 13.2. The summed E-state index contributed by atoms with van der Waals surface area (Å²) >= 11 is 0. The molecule has 0 aromatic heterocycles. The number of hydrogen-bond acceptors (Lipinski definition) is 5. The third kappa shape index (κ3) is 4.03. The third-order valence-electron chi connectivity index (χ3n) is 5.51. The van der Waals surface area contributed by atoms with Gasteiger partial charge in [-0.2, -0.15) is 0 Å². The smallest absolute Gasteiger partial charge is 0.325 e. The largest absolute Gasteiger partial charge is 0.415 e. The fourth-order valence-corrected chi connectivity index (χ4v) is 3.66. The van der Waals surface area contributed by atoms with E-state index in [1.807, 2.05) is 0 Å². The second kappa shape index (κ2) is 7.04. The molecule has 0 bridgehead atoms. The Labute approximate surface area is 160 Å². The first-order chi connectivity index (χ1) is 12.3. The minimum absolute atomic E-state index is 0.0392. The predicted octanol–water partition coefficient (Wildman–Crippen LogP) is 3.38. The van der Waals surface area contributed by atoms with Gasteiger partial charge in [-0.3, -0.25) is 19.8 Å². The Bertz CT molecular complexity index is 757. The maximum Gasteiger partial charge on any atom is 0.325 e. The van der Waals surface area contributed by atoms with Gasteiger partial charge >= 0.3 is 6.03 Å². The fourth-order valence-electron chi connectivity index (χ4n) is 2.62. The first-order valence-electron chi connectivity index (χ1n) is 8.82. The first kappa shape index (κ1) is 21.0. The standard InChI is InChI=1S/C18H27N3O5Si/c1-17(2,3)27(5,6)26-12-11-20-15(22)18(4,19-16(20)23)13-7-9-14(10-8-13)21(24)25/h7-10H,11-12H2,1-6H3,(H,19,23)/t18-/m0/s1. The number of benzene rings is 1. The lowest BCUT2D eigenvalue weighted by Crippen LogP contribution is -2.44. The van der Waals surface area contributed by atoms with E-state index in [-0.39, 0.29) is 29.8 Å². The molecule has 1 atom stereocenters. The summed E-state index contributed by atoms with van der Waals surface area (Å²) in [6.07, 6.45) is 0. The van der Waals surface area contributed by atoms with Crippen molar-refractivity contribution in [2.45, 2.75) is 51.4 Å². The zero-order valence-corrected chi connectivity index (χ0v) is 17.7. The average Bonchev–Trinajstić information content (AvgIpc) is 2.78. The number of amides is 3. The predicted molar refractivity (Wildman–Crippen MR) is 104 cm³/mol. The number of nitrogens with one attached hydrogen (secondary N) is 1. The monoisotopic (exact) mass is 393 g/mol. The summed E-state index contributed by atoms with van der Waals surface area (Å²) in [5.74, 6) is -0.389. The summed E-state index contributed by atoms with van der Waals surface area (Å²) in [6, 6.07) is 5.14. The van der Waals surface area contributed by atoms with Gasteiger partial charge in [-0.25, -0.2) is 4.79 Å². The lowest BCUT2D eigenvalue weighted by atomic mass is 9.92. The van der Waals surface area contributed by atoms with Gasteiger partial charge < -0.3 is 9.74 Å². The summed E-state index contributed by atoms with van der Waals surface area (Å²) in [5, 5.41) is 13.5. The number of carbonyl (C=O) groups excluding carboxylic acids is 2. The Morgan fingerprint density at radius 2 is 1.78 bits per heavy atom. The van der Waals surface area contributed by atoms with Gasteiger partial charge in [0.25, 0.3) is 11.6 Å². The first-order valence-corrected chi connectivity index (χ1v) is 11.7. The molecule has 2 rings (SSSR count). The molecule has 1 aliphatic heterocycles. The van der Waals surface area contributed by atoms with Crippen LogP contribution in [0.3, 0.4) is 0 Å². The van der Waals surface area contributed by atoms with Gasteiger partial charge in [0.15, 0.2) is 8.32 Å². The topological polar surface area (TPSA) is 102 Å². The highest BCUT2D eigenvalue weighted by molar-refractivity contribution is 6.74. The highest BCUT2D eigenvalue weighted by Crippen LogP contribution is 2.36. The highest BCUT2D eigenvalue weighted by atomic mass is 28.4. The molecule has 0 saturated carbocycles. The molecule has 1 N–H and O–H groups in total. The van der Waals surface area contributed by atoms with Crippen molar-refractivity contribution in [2.75, 3.05) is 13.2 Å². The molecule has 3 amide bonds. The van der Waals surface area contributed by atoms with Crippen LogP contribution in [0.5, 0.6) is 0 Å². The van der Waals surface area contributed by atoms with Gasteiger partial charge in [-0.1, -0.05) is 20.8 Å². The van der Waals surface area contributed by atoms with Crippen LogP contribution in [0.4, 0.5) is 10.5 Å². The van der Waals surface area contributed by atoms with Gasteiger partial charge in [-0.05, 0) is 42.8 Å². The van der Waals surface area contributed by atoms with E-state index in [0.29, 0.717) is 5.56 Å². The van der Waals surface area contributed by atoms with Crippen molar-refractivity contribution in [1.29, 1.82) is 0 Å². The van der Waals surface area contributed by atoms with E-state index in [1.54, 1.807) is 6.92 Å². The quantitative estimate of drug-likeness (QED) is 0.345. The van der Waals surface area contributed by atoms with Crippen LogP contribution in [0, 0.1) is 10.1 Å². The number of rotatable bonds is 6. The zero-order chi connectivity index (χ0) is 20.6. The highest BCUT2D eigenvalue weighted by Gasteiger charge is 2.49. The van der Waals surface area contributed by atoms with Crippen LogP contribution in [0.25, 0.3) is 0 Å². The Balaban J connectivity index is 2.11. The number of nitro groups is 1. The summed E-state index contributed by atoms with van der Waals surface area (Å²) in [7, 11) is -1.97. The number of urea groups is 1. The number of nitrogens with zero attached hydrogens (tertiary/aromatic N) is 2.